The Bertz CT molecular complexity index is 723. The number of ether oxygens (including phenoxy) is 1. The van der Waals surface area contributed by atoms with Crippen LogP contribution in [-0.4, -0.2) is 54.0 Å². The Morgan fingerprint density at radius 1 is 1.12 bits per heavy atom. The molecule has 1 aliphatic heterocycles. The van der Waals surface area contributed by atoms with Crippen LogP contribution in [0.5, 0.6) is 5.75 Å². The second-order valence-electron chi connectivity index (χ2n) is 6.03. The maximum atomic E-state index is 12.4. The van der Waals surface area contributed by atoms with Gasteiger partial charge >= 0.3 is 0 Å². The van der Waals surface area contributed by atoms with Gasteiger partial charge in [-0.15, -0.1) is 0 Å². The van der Waals surface area contributed by atoms with Crippen molar-refractivity contribution in [3.05, 3.63) is 66.0 Å². The van der Waals surface area contributed by atoms with Crippen LogP contribution in [0.4, 0.5) is 0 Å². The van der Waals surface area contributed by atoms with Crippen molar-refractivity contribution in [1.29, 1.82) is 0 Å². The summed E-state index contributed by atoms with van der Waals surface area (Å²) in [5.74, 6) is 0.822. The molecule has 1 aromatic heterocycles. The van der Waals surface area contributed by atoms with Gasteiger partial charge in [0.2, 0.25) is 5.91 Å². The van der Waals surface area contributed by atoms with Gasteiger partial charge in [0.1, 0.15) is 5.75 Å². The number of pyridine rings is 1. The molecule has 25 heavy (non-hydrogen) atoms. The molecule has 1 aliphatic rings. The topological polar surface area (TPSA) is 45.7 Å². The number of hydrogen-bond donors (Lipinski definition) is 0. The van der Waals surface area contributed by atoms with E-state index in [2.05, 4.69) is 9.88 Å². The zero-order valence-corrected chi connectivity index (χ0v) is 14.5. The predicted molar refractivity (Wildman–Crippen MR) is 98.1 cm³/mol. The van der Waals surface area contributed by atoms with Crippen LogP contribution in [0.1, 0.15) is 11.1 Å². The average molecular weight is 337 g/mol. The van der Waals surface area contributed by atoms with E-state index < -0.39 is 0 Å². The first kappa shape index (κ1) is 17.2. The fourth-order valence-corrected chi connectivity index (χ4v) is 2.94. The number of piperazine rings is 1. The summed E-state index contributed by atoms with van der Waals surface area (Å²) in [4.78, 5) is 20.7. The number of carbonyl (C=O) groups excluding carboxylic acids is 1. The number of hydrogen-bond acceptors (Lipinski definition) is 4. The highest BCUT2D eigenvalue weighted by molar-refractivity contribution is 5.92. The molecule has 0 aliphatic carbocycles. The van der Waals surface area contributed by atoms with Gasteiger partial charge in [-0.1, -0.05) is 18.2 Å². The quantitative estimate of drug-likeness (QED) is 0.786. The Morgan fingerprint density at radius 3 is 2.56 bits per heavy atom. The third-order valence-electron chi connectivity index (χ3n) is 4.38. The molecule has 0 radical (unpaired) electrons. The summed E-state index contributed by atoms with van der Waals surface area (Å²) in [6.45, 7) is 4.18. The van der Waals surface area contributed by atoms with Crippen LogP contribution in [0.15, 0.2) is 54.9 Å². The highest BCUT2D eigenvalue weighted by atomic mass is 16.5. The van der Waals surface area contributed by atoms with Crippen molar-refractivity contribution in [2.24, 2.45) is 0 Å². The Labute approximate surface area is 148 Å². The lowest BCUT2D eigenvalue weighted by molar-refractivity contribution is -0.127. The molecule has 1 fully saturated rings. The smallest absolute Gasteiger partial charge is 0.246 e. The molecule has 0 N–H and O–H groups in total. The van der Waals surface area contributed by atoms with Crippen molar-refractivity contribution >= 4 is 12.0 Å². The fourth-order valence-electron chi connectivity index (χ4n) is 2.94. The summed E-state index contributed by atoms with van der Waals surface area (Å²) in [7, 11) is 1.64. The Hall–Kier alpha value is -2.66. The first-order valence-corrected chi connectivity index (χ1v) is 8.47. The molecule has 1 amide bonds. The zero-order chi connectivity index (χ0) is 17.5. The molecule has 0 unspecified atom stereocenters. The standard InChI is InChI=1S/C20H23N3O2/c1-25-19-5-3-2-4-18(19)6-7-20(24)23-14-12-22(13-15-23)16-17-8-10-21-11-9-17/h2-11H,12-16H2,1H3/b7-6+. The van der Waals surface area contributed by atoms with Crippen molar-refractivity contribution < 1.29 is 9.53 Å². The van der Waals surface area contributed by atoms with E-state index in [0.29, 0.717) is 0 Å². The molecule has 2 aromatic rings. The van der Waals surface area contributed by atoms with Gasteiger partial charge in [0.15, 0.2) is 0 Å². The molecule has 1 saturated heterocycles. The van der Waals surface area contributed by atoms with E-state index in [1.54, 1.807) is 13.2 Å². The van der Waals surface area contributed by atoms with Crippen molar-refractivity contribution in [3.8, 4) is 5.75 Å². The van der Waals surface area contributed by atoms with E-state index in [9.17, 15) is 4.79 Å². The van der Waals surface area contributed by atoms with E-state index >= 15 is 0 Å². The van der Waals surface area contributed by atoms with Crippen LogP contribution >= 0.6 is 0 Å². The minimum absolute atomic E-state index is 0.0504. The van der Waals surface area contributed by atoms with Crippen LogP contribution < -0.4 is 4.74 Å². The number of carbonyl (C=O) groups is 1. The lowest BCUT2D eigenvalue weighted by Gasteiger charge is -2.34. The minimum Gasteiger partial charge on any atom is -0.496 e. The van der Waals surface area contributed by atoms with Crippen LogP contribution in [0.3, 0.4) is 0 Å². The number of nitrogens with zero attached hydrogens (tertiary/aromatic N) is 3. The molecule has 2 heterocycles. The third kappa shape index (κ3) is 4.67. The van der Waals surface area contributed by atoms with Gasteiger partial charge in [-0.3, -0.25) is 14.7 Å². The molecule has 5 heteroatoms. The van der Waals surface area contributed by atoms with Gasteiger partial charge in [-0.05, 0) is 29.8 Å². The SMILES string of the molecule is COc1ccccc1/C=C/C(=O)N1CCN(Cc2ccncc2)CC1. The van der Waals surface area contributed by atoms with Crippen molar-refractivity contribution in [3.63, 3.8) is 0 Å². The second-order valence-corrected chi connectivity index (χ2v) is 6.03. The number of para-hydroxylation sites is 1. The van der Waals surface area contributed by atoms with Crippen LogP contribution in [-0.2, 0) is 11.3 Å². The number of amides is 1. The molecule has 0 saturated carbocycles. The first-order chi connectivity index (χ1) is 12.3. The van der Waals surface area contributed by atoms with E-state index in [-0.39, 0.29) is 5.91 Å². The number of benzene rings is 1. The van der Waals surface area contributed by atoms with Crippen molar-refractivity contribution in [2.45, 2.75) is 6.54 Å². The van der Waals surface area contributed by atoms with Crippen molar-refractivity contribution in [2.75, 3.05) is 33.3 Å². The number of aromatic nitrogens is 1. The second kappa shape index (κ2) is 8.44. The average Bonchev–Trinajstić information content (AvgIpc) is 2.67. The molecule has 0 atom stereocenters. The maximum absolute atomic E-state index is 12.4. The Kier molecular flexibility index (Phi) is 5.80. The van der Waals surface area contributed by atoms with Gasteiger partial charge in [0, 0.05) is 56.8 Å². The van der Waals surface area contributed by atoms with Gasteiger partial charge in [-0.2, -0.15) is 0 Å². The summed E-state index contributed by atoms with van der Waals surface area (Å²) < 4.78 is 5.31. The lowest BCUT2D eigenvalue weighted by atomic mass is 10.2. The molecule has 130 valence electrons. The number of rotatable bonds is 5. The zero-order valence-electron chi connectivity index (χ0n) is 14.5. The lowest BCUT2D eigenvalue weighted by Crippen LogP contribution is -2.47. The van der Waals surface area contributed by atoms with Crippen LogP contribution in [0.2, 0.25) is 0 Å². The Balaban J connectivity index is 1.52. The monoisotopic (exact) mass is 337 g/mol. The maximum Gasteiger partial charge on any atom is 0.246 e. The molecular weight excluding hydrogens is 314 g/mol. The third-order valence-corrected chi connectivity index (χ3v) is 4.38. The molecule has 1 aromatic carbocycles. The van der Waals surface area contributed by atoms with Gasteiger partial charge in [0.25, 0.3) is 0 Å². The molecule has 5 nitrogen and oxygen atoms in total. The van der Waals surface area contributed by atoms with E-state index in [4.69, 9.17) is 4.74 Å². The summed E-state index contributed by atoms with van der Waals surface area (Å²) in [6.07, 6.45) is 7.09. The van der Waals surface area contributed by atoms with E-state index in [1.807, 2.05) is 59.8 Å². The van der Waals surface area contributed by atoms with Gasteiger partial charge < -0.3 is 9.64 Å². The van der Waals surface area contributed by atoms with Gasteiger partial charge in [0.05, 0.1) is 7.11 Å². The summed E-state index contributed by atoms with van der Waals surface area (Å²) in [5, 5.41) is 0. The van der Waals surface area contributed by atoms with Crippen LogP contribution in [0, 0.1) is 0 Å². The molecular formula is C20H23N3O2. The largest absolute Gasteiger partial charge is 0.496 e. The fraction of sp³-hybridized carbons (Fsp3) is 0.300. The Morgan fingerprint density at radius 2 is 1.84 bits per heavy atom. The summed E-state index contributed by atoms with van der Waals surface area (Å²) >= 11 is 0. The van der Waals surface area contributed by atoms with E-state index in [1.165, 1.54) is 5.56 Å². The number of methoxy groups -OCH3 is 1. The minimum atomic E-state index is 0.0504. The molecule has 0 bridgehead atoms. The van der Waals surface area contributed by atoms with Gasteiger partial charge in [-0.25, -0.2) is 0 Å². The van der Waals surface area contributed by atoms with Crippen molar-refractivity contribution in [1.82, 2.24) is 14.8 Å². The summed E-state index contributed by atoms with van der Waals surface area (Å²) in [6, 6.07) is 11.8. The first-order valence-electron chi connectivity index (χ1n) is 8.47. The normalized spacial score (nSPS) is 15.5. The van der Waals surface area contributed by atoms with E-state index in [0.717, 1.165) is 44.0 Å². The van der Waals surface area contributed by atoms with Crippen LogP contribution in [0.25, 0.3) is 6.08 Å². The highest BCUT2D eigenvalue weighted by Gasteiger charge is 2.19. The molecule has 0 spiro atoms. The highest BCUT2D eigenvalue weighted by Crippen LogP contribution is 2.19. The summed E-state index contributed by atoms with van der Waals surface area (Å²) in [5.41, 5.74) is 2.17. The molecule has 3 rings (SSSR count). The predicted octanol–water partition coefficient (Wildman–Crippen LogP) is 2.45.